The number of likely N-dealkylation sites (tertiary alicyclic amines) is 1. The molecule has 3 aromatic heterocycles. The summed E-state index contributed by atoms with van der Waals surface area (Å²) in [6, 6.07) is 11.0. The number of halogens is 2. The van der Waals surface area contributed by atoms with Gasteiger partial charge in [-0.15, -0.1) is 0 Å². The summed E-state index contributed by atoms with van der Waals surface area (Å²) >= 11 is 0. The molecule has 11 nitrogen and oxygen atoms in total. The largest absolute Gasteiger partial charge is 0.495 e. The fourth-order valence-electron chi connectivity index (χ4n) is 5.57. The second-order valence-corrected chi connectivity index (χ2v) is 12.5. The second-order valence-electron chi connectivity index (χ2n) is 12.5. The van der Waals surface area contributed by atoms with E-state index in [2.05, 4.69) is 20.3 Å². The number of aromatic nitrogens is 5. The predicted octanol–water partition coefficient (Wildman–Crippen LogP) is 5.56. The number of amides is 1. The molecule has 6 rings (SSSR count). The zero-order chi connectivity index (χ0) is 31.7. The molecular weight excluding hydrogens is 584 g/mol. The van der Waals surface area contributed by atoms with Gasteiger partial charge in [0.2, 0.25) is 5.95 Å². The molecule has 0 spiro atoms. The molecule has 4 heterocycles. The van der Waals surface area contributed by atoms with Gasteiger partial charge in [-0.05, 0) is 45.6 Å². The lowest BCUT2D eigenvalue weighted by Gasteiger charge is -2.36. The Labute approximate surface area is 259 Å². The molecule has 4 aromatic rings. The van der Waals surface area contributed by atoms with E-state index in [0.29, 0.717) is 23.7 Å². The minimum absolute atomic E-state index is 0.0196. The highest BCUT2D eigenvalue weighted by molar-refractivity contribution is 5.68. The number of nitrogens with zero attached hydrogens (tertiary/aromatic N) is 6. The standard InChI is InChI=1S/C32H37F2N7O4/c1-32(2,3)45-31(42)40-11-10-22(33)24(17-40)37-30-36-15-23(34)29(38-30)25-16-35-27-14-26(43-4)28(39-41(25)27)20-12-21(13-20)44-18-19-8-6-5-7-9-19/h5-9,14-16,20-22,24H,10-13,17-18H2,1-4H3,(H,36,37,38)/t20?,21?,22-,24-/m0/s1. The van der Waals surface area contributed by atoms with Crippen LogP contribution in [0.1, 0.15) is 57.2 Å². The number of hydrogen-bond donors (Lipinski definition) is 1. The maximum Gasteiger partial charge on any atom is 0.410 e. The number of methoxy groups -OCH3 is 1. The van der Waals surface area contributed by atoms with Crippen LogP contribution < -0.4 is 10.1 Å². The van der Waals surface area contributed by atoms with Crippen molar-refractivity contribution < 1.29 is 27.8 Å². The van der Waals surface area contributed by atoms with Crippen LogP contribution in [0.25, 0.3) is 17.0 Å². The summed E-state index contributed by atoms with van der Waals surface area (Å²) in [5, 5.41) is 7.78. The molecule has 0 unspecified atom stereocenters. The van der Waals surface area contributed by atoms with E-state index in [-0.39, 0.29) is 43.2 Å². The third kappa shape index (κ3) is 6.82. The van der Waals surface area contributed by atoms with Crippen LogP contribution in [0.15, 0.2) is 48.8 Å². The minimum atomic E-state index is -1.27. The number of benzene rings is 1. The van der Waals surface area contributed by atoms with Gasteiger partial charge < -0.3 is 24.4 Å². The molecule has 2 fully saturated rings. The second kappa shape index (κ2) is 12.5. The quantitative estimate of drug-likeness (QED) is 0.270. The first kappa shape index (κ1) is 30.6. The zero-order valence-corrected chi connectivity index (χ0v) is 25.7. The summed E-state index contributed by atoms with van der Waals surface area (Å²) in [7, 11) is 1.58. The SMILES string of the molecule is COc1cc2ncc(-c3nc(N[C@H]4CN(C(=O)OC(C)(C)C)CC[C@@H]4F)ncc3F)n2nc1C1CC(OCc2ccccc2)C1. The normalized spacial score (nSPS) is 21.8. The van der Waals surface area contributed by atoms with Crippen molar-refractivity contribution >= 4 is 17.7 Å². The van der Waals surface area contributed by atoms with Crippen LogP contribution in [-0.4, -0.2) is 79.7 Å². The molecule has 1 amide bonds. The Kier molecular flexibility index (Phi) is 8.54. The Balaban J connectivity index is 1.19. The summed E-state index contributed by atoms with van der Waals surface area (Å²) in [6.07, 6.45) is 2.47. The fraction of sp³-hybridized carbons (Fsp3) is 0.469. The number of carbonyl (C=O) groups excluding carboxylic acids is 1. The van der Waals surface area contributed by atoms with E-state index in [1.807, 2.05) is 30.3 Å². The van der Waals surface area contributed by atoms with E-state index in [0.717, 1.165) is 30.3 Å². The number of carbonyl (C=O) groups is 1. The Morgan fingerprint density at radius 1 is 1.13 bits per heavy atom. The zero-order valence-electron chi connectivity index (χ0n) is 25.7. The van der Waals surface area contributed by atoms with Gasteiger partial charge >= 0.3 is 6.09 Å². The van der Waals surface area contributed by atoms with Crippen LogP contribution in [0.4, 0.5) is 19.5 Å². The Bertz CT molecular complexity index is 1660. The molecular formula is C32H37F2N7O4. The third-order valence-corrected chi connectivity index (χ3v) is 8.00. The van der Waals surface area contributed by atoms with Gasteiger partial charge in [-0.1, -0.05) is 30.3 Å². The minimum Gasteiger partial charge on any atom is -0.495 e. The van der Waals surface area contributed by atoms with Crippen molar-refractivity contribution in [2.45, 2.75) is 76.5 Å². The summed E-state index contributed by atoms with van der Waals surface area (Å²) in [4.78, 5) is 26.9. The Hall–Kier alpha value is -4.39. The van der Waals surface area contributed by atoms with Crippen LogP contribution in [0.3, 0.4) is 0 Å². The molecule has 1 N–H and O–H groups in total. The van der Waals surface area contributed by atoms with E-state index < -0.39 is 29.7 Å². The van der Waals surface area contributed by atoms with Crippen molar-refractivity contribution in [3.8, 4) is 17.1 Å². The third-order valence-electron chi connectivity index (χ3n) is 8.00. The molecule has 45 heavy (non-hydrogen) atoms. The lowest BCUT2D eigenvalue weighted by atomic mass is 9.79. The number of fused-ring (bicyclic) bond motifs is 1. The molecule has 1 aliphatic carbocycles. The summed E-state index contributed by atoms with van der Waals surface area (Å²) in [6.45, 7) is 6.13. The molecule has 1 saturated carbocycles. The summed E-state index contributed by atoms with van der Waals surface area (Å²) in [5.41, 5.74) is 1.89. The van der Waals surface area contributed by atoms with Crippen LogP contribution in [0, 0.1) is 5.82 Å². The van der Waals surface area contributed by atoms with Gasteiger partial charge in [-0.25, -0.2) is 33.0 Å². The van der Waals surface area contributed by atoms with Gasteiger partial charge in [0, 0.05) is 25.1 Å². The van der Waals surface area contributed by atoms with Crippen LogP contribution in [0.2, 0.25) is 0 Å². The van der Waals surface area contributed by atoms with Gasteiger partial charge in [0.15, 0.2) is 11.5 Å². The Morgan fingerprint density at radius 3 is 2.64 bits per heavy atom. The van der Waals surface area contributed by atoms with E-state index in [1.165, 1.54) is 15.6 Å². The first-order valence-electron chi connectivity index (χ1n) is 15.1. The number of imidazole rings is 1. The number of ether oxygens (including phenoxy) is 3. The van der Waals surface area contributed by atoms with Gasteiger partial charge in [0.05, 0.1) is 38.3 Å². The lowest BCUT2D eigenvalue weighted by Crippen LogP contribution is -2.52. The molecule has 1 aliphatic heterocycles. The summed E-state index contributed by atoms with van der Waals surface area (Å²) in [5.74, 6) is 0.0209. The molecule has 0 bridgehead atoms. The topological polar surface area (TPSA) is 116 Å². The van der Waals surface area contributed by atoms with E-state index >= 15 is 4.39 Å². The van der Waals surface area contributed by atoms with Crippen molar-refractivity contribution in [1.82, 2.24) is 29.5 Å². The van der Waals surface area contributed by atoms with Gasteiger partial charge in [0.25, 0.3) is 0 Å². The lowest BCUT2D eigenvalue weighted by molar-refractivity contribution is -0.0220. The number of nitrogens with one attached hydrogen (secondary N) is 1. The van der Waals surface area contributed by atoms with E-state index in [9.17, 15) is 9.18 Å². The molecule has 2 aliphatic rings. The van der Waals surface area contributed by atoms with Crippen molar-refractivity contribution in [3.05, 3.63) is 65.9 Å². The number of anilines is 1. The van der Waals surface area contributed by atoms with Crippen molar-refractivity contribution in [1.29, 1.82) is 0 Å². The molecule has 13 heteroatoms. The number of hydrogen-bond acceptors (Lipinski definition) is 9. The van der Waals surface area contributed by atoms with Gasteiger partial charge in [0.1, 0.15) is 34.6 Å². The molecule has 238 valence electrons. The average molecular weight is 622 g/mol. The van der Waals surface area contributed by atoms with Crippen LogP contribution in [0.5, 0.6) is 5.75 Å². The van der Waals surface area contributed by atoms with Gasteiger partial charge in [-0.2, -0.15) is 5.10 Å². The number of piperidine rings is 1. The number of rotatable bonds is 8. The first-order chi connectivity index (χ1) is 21.6. The highest BCUT2D eigenvalue weighted by Crippen LogP contribution is 2.42. The van der Waals surface area contributed by atoms with E-state index in [4.69, 9.17) is 19.3 Å². The molecule has 1 saturated heterocycles. The summed E-state index contributed by atoms with van der Waals surface area (Å²) < 4.78 is 48.8. The predicted molar refractivity (Wildman–Crippen MR) is 162 cm³/mol. The fourth-order valence-corrected chi connectivity index (χ4v) is 5.57. The Morgan fingerprint density at radius 2 is 1.91 bits per heavy atom. The van der Waals surface area contributed by atoms with Crippen molar-refractivity contribution in [2.75, 3.05) is 25.5 Å². The number of alkyl halides is 1. The highest BCUT2D eigenvalue weighted by atomic mass is 19.1. The molecule has 2 atom stereocenters. The van der Waals surface area contributed by atoms with Crippen LogP contribution >= 0.6 is 0 Å². The maximum atomic E-state index is 15.2. The average Bonchev–Trinajstić information content (AvgIpc) is 3.40. The monoisotopic (exact) mass is 621 g/mol. The molecule has 0 radical (unpaired) electrons. The van der Waals surface area contributed by atoms with Crippen molar-refractivity contribution in [3.63, 3.8) is 0 Å². The maximum absolute atomic E-state index is 15.2. The molecule has 1 aromatic carbocycles. The van der Waals surface area contributed by atoms with Gasteiger partial charge in [-0.3, -0.25) is 0 Å². The van der Waals surface area contributed by atoms with Crippen molar-refractivity contribution in [2.24, 2.45) is 0 Å². The highest BCUT2D eigenvalue weighted by Gasteiger charge is 2.36. The first-order valence-corrected chi connectivity index (χ1v) is 15.1. The van der Waals surface area contributed by atoms with E-state index in [1.54, 1.807) is 33.9 Å². The van der Waals surface area contributed by atoms with Crippen LogP contribution in [-0.2, 0) is 16.1 Å². The smallest absolute Gasteiger partial charge is 0.410 e.